The third kappa shape index (κ3) is 4.71. The van der Waals surface area contributed by atoms with Crippen LogP contribution in [-0.4, -0.2) is 31.0 Å². The minimum Gasteiger partial charge on any atom is -0.497 e. The van der Waals surface area contributed by atoms with E-state index in [1.54, 1.807) is 32.4 Å². The maximum absolute atomic E-state index is 12.5. The van der Waals surface area contributed by atoms with Gasteiger partial charge in [-0.3, -0.25) is 15.0 Å². The lowest BCUT2D eigenvalue weighted by molar-refractivity contribution is 0.340. The molecular formula is C26H26N4O4. The number of nitrogens with one attached hydrogen (secondary N) is 2. The molecule has 1 heterocycles. The number of rotatable bonds is 8. The molecular weight excluding hydrogens is 432 g/mol. The fraction of sp³-hybridized carbons (Fsp3) is 0.192. The normalized spacial score (nSPS) is 11.1. The highest BCUT2D eigenvalue weighted by Crippen LogP contribution is 2.36. The number of H-pyrrole nitrogens is 2. The summed E-state index contributed by atoms with van der Waals surface area (Å²) in [5.41, 5.74) is 4.65. The van der Waals surface area contributed by atoms with E-state index in [0.717, 1.165) is 22.4 Å². The van der Waals surface area contributed by atoms with Gasteiger partial charge in [0.25, 0.3) is 5.56 Å². The summed E-state index contributed by atoms with van der Waals surface area (Å²) in [4.78, 5) is 12.5. The second kappa shape index (κ2) is 10.1. The lowest BCUT2D eigenvalue weighted by Gasteiger charge is -2.09. The molecule has 34 heavy (non-hydrogen) atoms. The van der Waals surface area contributed by atoms with E-state index < -0.39 is 0 Å². The third-order valence-corrected chi connectivity index (χ3v) is 5.39. The summed E-state index contributed by atoms with van der Waals surface area (Å²) in [5, 5.41) is 14.1. The van der Waals surface area contributed by atoms with Crippen LogP contribution in [0.4, 0.5) is 11.4 Å². The van der Waals surface area contributed by atoms with Crippen molar-refractivity contribution in [1.29, 1.82) is 0 Å². The molecule has 0 unspecified atom stereocenters. The Morgan fingerprint density at radius 2 is 1.59 bits per heavy atom. The van der Waals surface area contributed by atoms with Gasteiger partial charge in [-0.15, -0.1) is 5.11 Å². The Morgan fingerprint density at radius 1 is 0.824 bits per heavy atom. The molecule has 0 atom stereocenters. The van der Waals surface area contributed by atoms with Gasteiger partial charge in [-0.25, -0.2) is 0 Å². The molecule has 0 aliphatic rings. The first-order valence-electron chi connectivity index (χ1n) is 10.8. The lowest BCUT2D eigenvalue weighted by atomic mass is 10.00. The second-order valence-corrected chi connectivity index (χ2v) is 7.53. The van der Waals surface area contributed by atoms with Crippen LogP contribution in [0, 0.1) is 6.92 Å². The van der Waals surface area contributed by atoms with Crippen LogP contribution in [0.25, 0.3) is 22.4 Å². The number of aryl methyl sites for hydroxylation is 1. The Labute approximate surface area is 197 Å². The smallest absolute Gasteiger partial charge is 0.292 e. The monoisotopic (exact) mass is 458 g/mol. The average Bonchev–Trinajstić information content (AvgIpc) is 3.23. The number of aromatic nitrogens is 2. The summed E-state index contributed by atoms with van der Waals surface area (Å²) in [6.07, 6.45) is 0. The summed E-state index contributed by atoms with van der Waals surface area (Å²) in [6.45, 7) is 4.62. The molecule has 0 spiro atoms. The molecule has 0 fully saturated rings. The molecule has 0 amide bonds. The number of azo groups is 1. The zero-order chi connectivity index (χ0) is 24.1. The van der Waals surface area contributed by atoms with Crippen LogP contribution in [0.3, 0.4) is 0 Å². The molecule has 4 rings (SSSR count). The fourth-order valence-electron chi connectivity index (χ4n) is 3.64. The number of benzene rings is 3. The van der Waals surface area contributed by atoms with Crippen LogP contribution in [0.2, 0.25) is 0 Å². The highest BCUT2D eigenvalue weighted by atomic mass is 16.5. The van der Waals surface area contributed by atoms with Gasteiger partial charge in [-0.05, 0) is 73.0 Å². The molecule has 8 nitrogen and oxygen atoms in total. The maximum Gasteiger partial charge on any atom is 0.292 e. The Morgan fingerprint density at radius 3 is 2.29 bits per heavy atom. The van der Waals surface area contributed by atoms with Crippen molar-refractivity contribution in [3.63, 3.8) is 0 Å². The molecule has 0 saturated carbocycles. The first-order valence-corrected chi connectivity index (χ1v) is 10.8. The van der Waals surface area contributed by atoms with E-state index in [0.29, 0.717) is 35.1 Å². The van der Waals surface area contributed by atoms with E-state index in [9.17, 15) is 4.79 Å². The van der Waals surface area contributed by atoms with E-state index in [1.165, 1.54) is 0 Å². The predicted octanol–water partition coefficient (Wildman–Crippen LogP) is 6.18. The van der Waals surface area contributed by atoms with Crippen LogP contribution >= 0.6 is 0 Å². The van der Waals surface area contributed by atoms with Gasteiger partial charge in [0.1, 0.15) is 17.2 Å². The van der Waals surface area contributed by atoms with Crippen molar-refractivity contribution >= 4 is 11.4 Å². The minimum atomic E-state index is -0.387. The maximum atomic E-state index is 12.5. The topological polar surface area (TPSA) is 101 Å². The van der Waals surface area contributed by atoms with Crippen LogP contribution in [0.5, 0.6) is 17.2 Å². The molecule has 0 aliphatic carbocycles. The van der Waals surface area contributed by atoms with Crippen molar-refractivity contribution in [2.45, 2.75) is 13.8 Å². The molecule has 0 bridgehead atoms. The van der Waals surface area contributed by atoms with E-state index >= 15 is 0 Å². The SMILES string of the molecule is CCOc1ccc(-c2cc(N=Nc3c(-c4cc(OC)ccc4OC)[nH][nH]c3=O)ccc2C)cc1. The lowest BCUT2D eigenvalue weighted by Crippen LogP contribution is -1.96. The zero-order valence-corrected chi connectivity index (χ0v) is 19.5. The molecule has 8 heteroatoms. The van der Waals surface area contributed by atoms with Crippen LogP contribution in [0.15, 0.2) is 75.7 Å². The number of ether oxygens (including phenoxy) is 3. The van der Waals surface area contributed by atoms with Crippen molar-refractivity contribution in [3.8, 4) is 39.6 Å². The van der Waals surface area contributed by atoms with Crippen molar-refractivity contribution in [2.24, 2.45) is 10.2 Å². The highest BCUT2D eigenvalue weighted by molar-refractivity contribution is 5.77. The van der Waals surface area contributed by atoms with Gasteiger partial charge in [-0.1, -0.05) is 18.2 Å². The van der Waals surface area contributed by atoms with Crippen molar-refractivity contribution in [3.05, 3.63) is 76.6 Å². The van der Waals surface area contributed by atoms with Crippen LogP contribution in [-0.2, 0) is 0 Å². The number of methoxy groups -OCH3 is 2. The summed E-state index contributed by atoms with van der Waals surface area (Å²) in [5.74, 6) is 2.02. The largest absolute Gasteiger partial charge is 0.497 e. The average molecular weight is 459 g/mol. The Balaban J connectivity index is 1.69. The van der Waals surface area contributed by atoms with Gasteiger partial charge >= 0.3 is 0 Å². The number of hydrogen-bond donors (Lipinski definition) is 2. The molecule has 1 aromatic heterocycles. The fourth-order valence-corrected chi connectivity index (χ4v) is 3.64. The molecule has 0 saturated heterocycles. The minimum absolute atomic E-state index is 0.148. The van der Waals surface area contributed by atoms with Gasteiger partial charge in [0, 0.05) is 5.56 Å². The number of nitrogens with zero attached hydrogens (tertiary/aromatic N) is 2. The molecule has 2 N–H and O–H groups in total. The quantitative estimate of drug-likeness (QED) is 0.308. The van der Waals surface area contributed by atoms with E-state index in [2.05, 4.69) is 20.4 Å². The summed E-state index contributed by atoms with van der Waals surface area (Å²) in [6, 6.07) is 19.0. The third-order valence-electron chi connectivity index (χ3n) is 5.39. The summed E-state index contributed by atoms with van der Waals surface area (Å²) >= 11 is 0. The molecule has 4 aromatic rings. The van der Waals surface area contributed by atoms with Gasteiger partial charge in [0.2, 0.25) is 0 Å². The Bertz CT molecular complexity index is 1370. The van der Waals surface area contributed by atoms with Crippen molar-refractivity contribution in [1.82, 2.24) is 10.2 Å². The van der Waals surface area contributed by atoms with Crippen molar-refractivity contribution in [2.75, 3.05) is 20.8 Å². The van der Waals surface area contributed by atoms with Gasteiger partial charge in [-0.2, -0.15) is 5.11 Å². The zero-order valence-electron chi connectivity index (χ0n) is 19.5. The van der Waals surface area contributed by atoms with Crippen molar-refractivity contribution < 1.29 is 14.2 Å². The summed E-state index contributed by atoms with van der Waals surface area (Å²) < 4.78 is 16.3. The first kappa shape index (κ1) is 22.8. The van der Waals surface area contributed by atoms with Gasteiger partial charge in [0.15, 0.2) is 5.69 Å². The predicted molar refractivity (Wildman–Crippen MR) is 132 cm³/mol. The van der Waals surface area contributed by atoms with Gasteiger partial charge < -0.3 is 14.2 Å². The van der Waals surface area contributed by atoms with E-state index in [1.807, 2.05) is 56.3 Å². The second-order valence-electron chi connectivity index (χ2n) is 7.53. The first-order chi connectivity index (χ1) is 16.5. The number of hydrogen-bond acceptors (Lipinski definition) is 6. The molecule has 174 valence electrons. The molecule has 0 radical (unpaired) electrons. The Kier molecular flexibility index (Phi) is 6.77. The van der Waals surface area contributed by atoms with Gasteiger partial charge in [0.05, 0.1) is 32.2 Å². The van der Waals surface area contributed by atoms with E-state index in [4.69, 9.17) is 14.2 Å². The standard InChI is InChI=1S/C26H26N4O4/c1-5-34-19-10-7-17(8-11-19)21-14-18(9-6-16(21)2)27-29-25-24(28-30-26(25)31)22-15-20(32-3)12-13-23(22)33-4/h6-15H,5H2,1-4H3,(H2,28,30,31). The van der Waals surface area contributed by atoms with Crippen LogP contribution in [0.1, 0.15) is 12.5 Å². The number of aromatic amines is 2. The summed E-state index contributed by atoms with van der Waals surface area (Å²) in [7, 11) is 3.14. The molecule has 0 aliphatic heterocycles. The van der Waals surface area contributed by atoms with Crippen LogP contribution < -0.4 is 19.8 Å². The van der Waals surface area contributed by atoms with E-state index in [-0.39, 0.29) is 11.2 Å². The molecule has 3 aromatic carbocycles. The Hall–Kier alpha value is -4.33. The highest BCUT2D eigenvalue weighted by Gasteiger charge is 2.17.